The Labute approximate surface area is 109 Å². The van der Waals surface area contributed by atoms with Crippen LogP contribution in [0.25, 0.3) is 0 Å². The Morgan fingerprint density at radius 1 is 1.06 bits per heavy atom. The molecular formula is C17H20O. The van der Waals surface area contributed by atoms with Gasteiger partial charge in [0.15, 0.2) is 0 Å². The number of aromatic hydroxyl groups is 1. The number of aryl methyl sites for hydroxylation is 1. The Kier molecular flexibility index (Phi) is 3.71. The van der Waals surface area contributed by atoms with Crippen molar-refractivity contribution in [1.29, 1.82) is 0 Å². The van der Waals surface area contributed by atoms with E-state index < -0.39 is 0 Å². The van der Waals surface area contributed by atoms with Gasteiger partial charge in [-0.1, -0.05) is 61.9 Å². The van der Waals surface area contributed by atoms with Crippen LogP contribution in [0.4, 0.5) is 0 Å². The van der Waals surface area contributed by atoms with Gasteiger partial charge in [-0.05, 0) is 29.5 Å². The summed E-state index contributed by atoms with van der Waals surface area (Å²) in [5, 5.41) is 10.3. The van der Waals surface area contributed by atoms with Crippen molar-refractivity contribution >= 4 is 0 Å². The van der Waals surface area contributed by atoms with Crippen molar-refractivity contribution in [3.05, 3.63) is 64.7 Å². The molecule has 0 aromatic heterocycles. The molecule has 18 heavy (non-hydrogen) atoms. The third-order valence-corrected chi connectivity index (χ3v) is 3.22. The van der Waals surface area contributed by atoms with E-state index in [0.29, 0.717) is 11.7 Å². The van der Waals surface area contributed by atoms with Crippen molar-refractivity contribution in [3.8, 4) is 5.75 Å². The molecule has 1 nitrogen and oxygen atoms in total. The van der Waals surface area contributed by atoms with Crippen LogP contribution < -0.4 is 0 Å². The van der Waals surface area contributed by atoms with Gasteiger partial charge in [0.2, 0.25) is 0 Å². The lowest BCUT2D eigenvalue weighted by Crippen LogP contribution is -1.96. The first-order chi connectivity index (χ1) is 8.58. The average Bonchev–Trinajstić information content (AvgIpc) is 2.34. The maximum atomic E-state index is 10.3. The van der Waals surface area contributed by atoms with Crippen molar-refractivity contribution in [2.24, 2.45) is 0 Å². The zero-order chi connectivity index (χ0) is 13.1. The number of hydrogen-bond donors (Lipinski definition) is 1. The zero-order valence-electron chi connectivity index (χ0n) is 11.3. The van der Waals surface area contributed by atoms with Crippen LogP contribution in [-0.4, -0.2) is 5.11 Å². The molecule has 0 heterocycles. The van der Waals surface area contributed by atoms with Crippen LogP contribution in [-0.2, 0) is 6.42 Å². The summed E-state index contributed by atoms with van der Waals surface area (Å²) in [5.41, 5.74) is 4.50. The van der Waals surface area contributed by atoms with E-state index in [1.54, 1.807) is 0 Å². The monoisotopic (exact) mass is 240 g/mol. The lowest BCUT2D eigenvalue weighted by atomic mass is 9.93. The van der Waals surface area contributed by atoms with Gasteiger partial charge in [0.1, 0.15) is 5.75 Å². The second-order valence-electron chi connectivity index (χ2n) is 5.18. The molecule has 0 unspecified atom stereocenters. The molecule has 0 aliphatic rings. The number of phenolic OH excluding ortho intramolecular Hbond substituents is 1. The summed E-state index contributed by atoms with van der Waals surface area (Å²) < 4.78 is 0. The number of rotatable bonds is 3. The van der Waals surface area contributed by atoms with Crippen LogP contribution in [0.5, 0.6) is 5.75 Å². The molecule has 0 atom stereocenters. The van der Waals surface area contributed by atoms with Crippen molar-refractivity contribution < 1.29 is 5.11 Å². The van der Waals surface area contributed by atoms with Crippen molar-refractivity contribution in [2.45, 2.75) is 33.1 Å². The van der Waals surface area contributed by atoms with Crippen LogP contribution in [0, 0.1) is 6.92 Å². The molecule has 0 saturated carbocycles. The van der Waals surface area contributed by atoms with Crippen LogP contribution >= 0.6 is 0 Å². The molecule has 0 fully saturated rings. The largest absolute Gasteiger partial charge is 0.507 e. The molecule has 0 aliphatic carbocycles. The minimum absolute atomic E-state index is 0.347. The predicted molar refractivity (Wildman–Crippen MR) is 76.2 cm³/mol. The Bertz CT molecular complexity index is 527. The first kappa shape index (κ1) is 12.7. The van der Waals surface area contributed by atoms with Gasteiger partial charge in [-0.25, -0.2) is 0 Å². The predicted octanol–water partition coefficient (Wildman–Crippen LogP) is 4.41. The highest BCUT2D eigenvalue weighted by molar-refractivity contribution is 5.47. The maximum Gasteiger partial charge on any atom is 0.122 e. The molecule has 0 radical (unpaired) electrons. The van der Waals surface area contributed by atoms with E-state index in [1.165, 1.54) is 11.1 Å². The van der Waals surface area contributed by atoms with Gasteiger partial charge in [-0.15, -0.1) is 0 Å². The van der Waals surface area contributed by atoms with Gasteiger partial charge >= 0.3 is 0 Å². The Morgan fingerprint density at radius 2 is 1.72 bits per heavy atom. The lowest BCUT2D eigenvalue weighted by Gasteiger charge is -2.14. The second kappa shape index (κ2) is 5.26. The normalized spacial score (nSPS) is 10.9. The third kappa shape index (κ3) is 2.73. The minimum atomic E-state index is 0.347. The van der Waals surface area contributed by atoms with Gasteiger partial charge in [0, 0.05) is 6.42 Å². The van der Waals surface area contributed by atoms with E-state index in [2.05, 4.69) is 45.0 Å². The fraction of sp³-hybridized carbons (Fsp3) is 0.294. The molecule has 1 heteroatoms. The number of benzene rings is 2. The van der Waals surface area contributed by atoms with Crippen molar-refractivity contribution in [2.75, 3.05) is 0 Å². The quantitative estimate of drug-likeness (QED) is 0.842. The summed E-state index contributed by atoms with van der Waals surface area (Å²) in [6.07, 6.45) is 0.786. The summed E-state index contributed by atoms with van der Waals surface area (Å²) in [6.45, 7) is 6.31. The SMILES string of the molecule is Cc1cc(Cc2ccccc2)c(O)c(C(C)C)c1. The zero-order valence-corrected chi connectivity index (χ0v) is 11.3. The topological polar surface area (TPSA) is 20.2 Å². The fourth-order valence-corrected chi connectivity index (χ4v) is 2.27. The first-order valence-electron chi connectivity index (χ1n) is 6.44. The smallest absolute Gasteiger partial charge is 0.122 e. The van der Waals surface area contributed by atoms with Gasteiger partial charge in [-0.2, -0.15) is 0 Å². The summed E-state index contributed by atoms with van der Waals surface area (Å²) in [6, 6.07) is 14.4. The molecular weight excluding hydrogens is 220 g/mol. The van der Waals surface area contributed by atoms with Gasteiger partial charge < -0.3 is 5.11 Å². The Morgan fingerprint density at radius 3 is 2.33 bits per heavy atom. The van der Waals surface area contributed by atoms with E-state index in [4.69, 9.17) is 0 Å². The first-order valence-corrected chi connectivity index (χ1v) is 6.44. The van der Waals surface area contributed by atoms with Crippen molar-refractivity contribution in [1.82, 2.24) is 0 Å². The van der Waals surface area contributed by atoms with Crippen LogP contribution in [0.1, 0.15) is 42.0 Å². The van der Waals surface area contributed by atoms with E-state index in [1.807, 2.05) is 18.2 Å². The molecule has 2 rings (SSSR count). The van der Waals surface area contributed by atoms with Gasteiger partial charge in [0.25, 0.3) is 0 Å². The summed E-state index contributed by atoms with van der Waals surface area (Å²) in [5.74, 6) is 0.805. The minimum Gasteiger partial charge on any atom is -0.507 e. The van der Waals surface area contributed by atoms with Gasteiger partial charge in [-0.3, -0.25) is 0 Å². The highest BCUT2D eigenvalue weighted by atomic mass is 16.3. The van der Waals surface area contributed by atoms with Gasteiger partial charge in [0.05, 0.1) is 0 Å². The van der Waals surface area contributed by atoms with Crippen molar-refractivity contribution in [3.63, 3.8) is 0 Å². The summed E-state index contributed by atoms with van der Waals surface area (Å²) in [4.78, 5) is 0. The van der Waals surface area contributed by atoms with E-state index in [-0.39, 0.29) is 0 Å². The summed E-state index contributed by atoms with van der Waals surface area (Å²) >= 11 is 0. The Balaban J connectivity index is 2.39. The fourth-order valence-electron chi connectivity index (χ4n) is 2.27. The highest BCUT2D eigenvalue weighted by Crippen LogP contribution is 2.31. The molecule has 94 valence electrons. The van der Waals surface area contributed by atoms with Crippen LogP contribution in [0.2, 0.25) is 0 Å². The summed E-state index contributed by atoms with van der Waals surface area (Å²) in [7, 11) is 0. The molecule has 1 N–H and O–H groups in total. The number of phenols is 1. The molecule has 2 aromatic rings. The Hall–Kier alpha value is -1.76. The molecule has 0 bridgehead atoms. The molecule has 0 spiro atoms. The number of hydrogen-bond acceptors (Lipinski definition) is 1. The van der Waals surface area contributed by atoms with Crippen LogP contribution in [0.3, 0.4) is 0 Å². The molecule has 2 aromatic carbocycles. The van der Waals surface area contributed by atoms with Crippen LogP contribution in [0.15, 0.2) is 42.5 Å². The van der Waals surface area contributed by atoms with E-state index in [0.717, 1.165) is 17.5 Å². The highest BCUT2D eigenvalue weighted by Gasteiger charge is 2.11. The van der Waals surface area contributed by atoms with E-state index in [9.17, 15) is 5.11 Å². The molecule has 0 amide bonds. The van der Waals surface area contributed by atoms with E-state index >= 15 is 0 Å². The molecule has 0 saturated heterocycles. The lowest BCUT2D eigenvalue weighted by molar-refractivity contribution is 0.459. The third-order valence-electron chi connectivity index (χ3n) is 3.22. The second-order valence-corrected chi connectivity index (χ2v) is 5.18. The standard InChI is InChI=1S/C17H20O/c1-12(2)16-10-13(3)9-15(17(16)18)11-14-7-5-4-6-8-14/h4-10,12,18H,11H2,1-3H3. The maximum absolute atomic E-state index is 10.3. The molecule has 0 aliphatic heterocycles. The average molecular weight is 240 g/mol.